The molecule has 144 valence electrons. The number of halogens is 2. The Bertz CT molecular complexity index is 607. The molecule has 0 aliphatic carbocycles. The number of rotatable bonds is 9. The van der Waals surface area contributed by atoms with Crippen molar-refractivity contribution in [3.8, 4) is 0 Å². The van der Waals surface area contributed by atoms with Crippen LogP contribution >= 0.6 is 24.8 Å². The van der Waals surface area contributed by atoms with Crippen LogP contribution in [0.1, 0.15) is 26.7 Å². The number of esters is 1. The zero-order valence-corrected chi connectivity index (χ0v) is 15.9. The molecule has 25 heavy (non-hydrogen) atoms. The SMILES string of the molecule is CC(C)C[C@H](CN)CC(=O)OCCn1cc([N+](=O)[O-])ccc1=O.Cl.Cl. The molecule has 1 aromatic heterocycles. The van der Waals surface area contributed by atoms with Crippen molar-refractivity contribution in [3.05, 3.63) is 38.8 Å². The second-order valence-corrected chi connectivity index (χ2v) is 5.83. The number of pyridine rings is 1. The van der Waals surface area contributed by atoms with Gasteiger partial charge in [-0.15, -0.1) is 24.8 Å². The monoisotopic (exact) mass is 397 g/mol. The van der Waals surface area contributed by atoms with E-state index in [0.29, 0.717) is 12.5 Å². The van der Waals surface area contributed by atoms with Gasteiger partial charge in [-0.1, -0.05) is 13.8 Å². The van der Waals surface area contributed by atoms with Gasteiger partial charge in [0.25, 0.3) is 11.2 Å². The van der Waals surface area contributed by atoms with Crippen molar-refractivity contribution in [2.75, 3.05) is 13.2 Å². The lowest BCUT2D eigenvalue weighted by atomic mass is 9.94. The number of nitrogens with zero attached hydrogens (tertiary/aromatic N) is 2. The zero-order chi connectivity index (χ0) is 17.4. The highest BCUT2D eigenvalue weighted by atomic mass is 35.5. The van der Waals surface area contributed by atoms with E-state index >= 15 is 0 Å². The van der Waals surface area contributed by atoms with Gasteiger partial charge in [0.1, 0.15) is 6.61 Å². The number of nitrogens with two attached hydrogens (primary N) is 1. The average molecular weight is 398 g/mol. The third-order valence-electron chi connectivity index (χ3n) is 3.37. The van der Waals surface area contributed by atoms with Gasteiger partial charge in [0.05, 0.1) is 17.7 Å². The van der Waals surface area contributed by atoms with Crippen molar-refractivity contribution < 1.29 is 14.5 Å². The number of hydrogen-bond acceptors (Lipinski definition) is 6. The Morgan fingerprint density at radius 1 is 1.36 bits per heavy atom. The van der Waals surface area contributed by atoms with Crippen LogP contribution < -0.4 is 11.3 Å². The highest BCUT2D eigenvalue weighted by Crippen LogP contribution is 2.14. The summed E-state index contributed by atoms with van der Waals surface area (Å²) in [5.74, 6) is 0.141. The van der Waals surface area contributed by atoms with E-state index in [1.165, 1.54) is 0 Å². The van der Waals surface area contributed by atoms with E-state index < -0.39 is 4.92 Å². The molecule has 1 aromatic rings. The molecule has 10 heteroatoms. The quantitative estimate of drug-likeness (QED) is 0.387. The van der Waals surface area contributed by atoms with E-state index in [2.05, 4.69) is 13.8 Å². The molecule has 0 fully saturated rings. The summed E-state index contributed by atoms with van der Waals surface area (Å²) in [7, 11) is 0. The molecule has 0 aliphatic rings. The highest BCUT2D eigenvalue weighted by Gasteiger charge is 2.15. The van der Waals surface area contributed by atoms with Crippen LogP contribution in [0.2, 0.25) is 0 Å². The van der Waals surface area contributed by atoms with Crippen LogP contribution in [0.15, 0.2) is 23.1 Å². The molecular weight excluding hydrogens is 373 g/mol. The van der Waals surface area contributed by atoms with Gasteiger partial charge in [-0.25, -0.2) is 0 Å². The summed E-state index contributed by atoms with van der Waals surface area (Å²) in [6, 6.07) is 2.26. The molecule has 0 unspecified atom stereocenters. The number of nitro groups is 1. The van der Waals surface area contributed by atoms with Gasteiger partial charge >= 0.3 is 5.97 Å². The topological polar surface area (TPSA) is 117 Å². The summed E-state index contributed by atoms with van der Waals surface area (Å²) in [5.41, 5.74) is 5.07. The summed E-state index contributed by atoms with van der Waals surface area (Å²) in [6.07, 6.45) is 2.21. The molecule has 1 atom stereocenters. The molecule has 0 saturated heterocycles. The summed E-state index contributed by atoms with van der Waals surface area (Å²) in [4.78, 5) is 33.5. The van der Waals surface area contributed by atoms with Gasteiger partial charge in [-0.2, -0.15) is 0 Å². The first-order valence-electron chi connectivity index (χ1n) is 7.54. The van der Waals surface area contributed by atoms with Gasteiger partial charge in [-0.3, -0.25) is 19.7 Å². The smallest absolute Gasteiger partial charge is 0.306 e. The minimum atomic E-state index is -0.584. The lowest BCUT2D eigenvalue weighted by Gasteiger charge is -2.16. The minimum Gasteiger partial charge on any atom is -0.464 e. The van der Waals surface area contributed by atoms with Crippen LogP contribution in [0.4, 0.5) is 5.69 Å². The maximum absolute atomic E-state index is 11.8. The van der Waals surface area contributed by atoms with Gasteiger partial charge < -0.3 is 15.0 Å². The Balaban J connectivity index is 0. The maximum atomic E-state index is 11.8. The molecular formula is C15H25Cl2N3O5. The van der Waals surface area contributed by atoms with Crippen molar-refractivity contribution in [1.82, 2.24) is 4.57 Å². The van der Waals surface area contributed by atoms with E-state index in [9.17, 15) is 19.7 Å². The second kappa shape index (κ2) is 12.7. The first-order chi connectivity index (χ1) is 10.8. The Hall–Kier alpha value is -1.64. The van der Waals surface area contributed by atoms with Crippen LogP contribution in [0.25, 0.3) is 0 Å². The molecule has 0 spiro atoms. The van der Waals surface area contributed by atoms with Crippen molar-refractivity contribution in [2.24, 2.45) is 17.6 Å². The fraction of sp³-hybridized carbons (Fsp3) is 0.600. The van der Waals surface area contributed by atoms with Crippen LogP contribution in [-0.2, 0) is 16.1 Å². The lowest BCUT2D eigenvalue weighted by Crippen LogP contribution is -2.24. The number of hydrogen-bond donors (Lipinski definition) is 1. The predicted molar refractivity (Wildman–Crippen MR) is 99.4 cm³/mol. The summed E-state index contributed by atoms with van der Waals surface area (Å²) >= 11 is 0. The van der Waals surface area contributed by atoms with Gasteiger partial charge in [0.2, 0.25) is 0 Å². The fourth-order valence-corrected chi connectivity index (χ4v) is 2.28. The Labute approximate surface area is 158 Å². The standard InChI is InChI=1S/C15H23N3O5.2ClH/c1-11(2)7-12(9-16)8-15(20)23-6-5-17-10-13(18(21)22)3-4-14(17)19;;/h3-4,10-12H,5-9,16H2,1-2H3;2*1H/t12-;;/m0../s1. The fourth-order valence-electron chi connectivity index (χ4n) is 2.28. The third-order valence-corrected chi connectivity index (χ3v) is 3.37. The second-order valence-electron chi connectivity index (χ2n) is 5.83. The van der Waals surface area contributed by atoms with Gasteiger partial charge in [0, 0.05) is 18.6 Å². The van der Waals surface area contributed by atoms with E-state index in [1.807, 2.05) is 0 Å². The van der Waals surface area contributed by atoms with Crippen LogP contribution in [0.3, 0.4) is 0 Å². The molecule has 8 nitrogen and oxygen atoms in total. The molecule has 0 saturated carbocycles. The maximum Gasteiger partial charge on any atom is 0.306 e. The molecule has 1 rings (SSSR count). The first-order valence-corrected chi connectivity index (χ1v) is 7.54. The van der Waals surface area contributed by atoms with Crippen molar-refractivity contribution in [1.29, 1.82) is 0 Å². The molecule has 0 radical (unpaired) electrons. The summed E-state index contributed by atoms with van der Waals surface area (Å²) in [5, 5.41) is 10.7. The van der Waals surface area contributed by atoms with Crippen LogP contribution in [0.5, 0.6) is 0 Å². The molecule has 1 heterocycles. The Kier molecular flexibility index (Phi) is 13.0. The molecule has 0 amide bonds. The zero-order valence-electron chi connectivity index (χ0n) is 14.3. The van der Waals surface area contributed by atoms with E-state index in [4.69, 9.17) is 10.5 Å². The summed E-state index contributed by atoms with van der Waals surface area (Å²) < 4.78 is 6.24. The number of carbonyl (C=O) groups is 1. The molecule has 2 N–H and O–H groups in total. The molecule has 0 aromatic carbocycles. The van der Waals surface area contributed by atoms with E-state index in [-0.39, 0.29) is 67.5 Å². The Morgan fingerprint density at radius 3 is 2.52 bits per heavy atom. The third kappa shape index (κ3) is 9.42. The minimum absolute atomic E-state index is 0. The van der Waals surface area contributed by atoms with Crippen LogP contribution in [0, 0.1) is 22.0 Å². The summed E-state index contributed by atoms with van der Waals surface area (Å²) in [6.45, 7) is 4.59. The number of aromatic nitrogens is 1. The van der Waals surface area contributed by atoms with Gasteiger partial charge in [0.15, 0.2) is 0 Å². The molecule has 0 bridgehead atoms. The number of ether oxygens (including phenoxy) is 1. The largest absolute Gasteiger partial charge is 0.464 e. The van der Waals surface area contributed by atoms with Crippen molar-refractivity contribution >= 4 is 36.5 Å². The first kappa shape index (κ1) is 25.6. The van der Waals surface area contributed by atoms with Crippen molar-refractivity contribution in [3.63, 3.8) is 0 Å². The normalized spacial score (nSPS) is 11.2. The lowest BCUT2D eigenvalue weighted by molar-refractivity contribution is -0.385. The van der Waals surface area contributed by atoms with E-state index in [0.717, 1.165) is 29.3 Å². The Morgan fingerprint density at radius 2 is 2.00 bits per heavy atom. The van der Waals surface area contributed by atoms with Crippen LogP contribution in [-0.4, -0.2) is 28.6 Å². The van der Waals surface area contributed by atoms with Gasteiger partial charge in [-0.05, 0) is 24.8 Å². The van der Waals surface area contributed by atoms with E-state index in [1.54, 1.807) is 0 Å². The molecule has 0 aliphatic heterocycles. The highest BCUT2D eigenvalue weighted by molar-refractivity contribution is 5.85. The predicted octanol–water partition coefficient (Wildman–Crippen LogP) is 2.15. The average Bonchev–Trinajstić information content (AvgIpc) is 2.47. The van der Waals surface area contributed by atoms with Crippen molar-refractivity contribution in [2.45, 2.75) is 33.2 Å². The number of carbonyl (C=O) groups excluding carboxylic acids is 1.